The Kier molecular flexibility index (Phi) is 7.61. The molecule has 2 aromatic carbocycles. The Morgan fingerprint density at radius 2 is 1.92 bits per heavy atom. The third kappa shape index (κ3) is 5.94. The van der Waals surface area contributed by atoms with E-state index < -0.39 is 0 Å². The average molecular weight is 489 g/mol. The number of hydrogen-bond acceptors (Lipinski definition) is 7. The lowest BCUT2D eigenvalue weighted by molar-refractivity contribution is -0.122. The maximum atomic E-state index is 13.0. The summed E-state index contributed by atoms with van der Waals surface area (Å²) in [5, 5.41) is 6.78. The molecule has 0 radical (unpaired) electrons. The number of amides is 1. The third-order valence-electron chi connectivity index (χ3n) is 6.85. The van der Waals surface area contributed by atoms with Gasteiger partial charge in [0, 0.05) is 36.8 Å². The summed E-state index contributed by atoms with van der Waals surface area (Å²) in [6.45, 7) is 2.20. The van der Waals surface area contributed by atoms with Gasteiger partial charge >= 0.3 is 0 Å². The number of carbonyl (C=O) groups excluding carboxylic acids is 1. The predicted molar refractivity (Wildman–Crippen MR) is 136 cm³/mol. The van der Waals surface area contributed by atoms with E-state index in [1.165, 1.54) is 0 Å². The smallest absolute Gasteiger partial charge is 0.231 e. The molecule has 3 aromatic rings. The minimum absolute atomic E-state index is 0.0224. The zero-order valence-electron chi connectivity index (χ0n) is 20.5. The van der Waals surface area contributed by atoms with E-state index in [4.69, 9.17) is 14.2 Å². The van der Waals surface area contributed by atoms with Gasteiger partial charge in [-0.1, -0.05) is 18.2 Å². The molecule has 3 heterocycles. The summed E-state index contributed by atoms with van der Waals surface area (Å²) in [7, 11) is 1.65. The van der Waals surface area contributed by atoms with Crippen LogP contribution in [0, 0.1) is 5.92 Å². The molecule has 1 amide bonds. The molecule has 1 fully saturated rings. The van der Waals surface area contributed by atoms with Gasteiger partial charge in [-0.15, -0.1) is 0 Å². The van der Waals surface area contributed by atoms with Crippen LogP contribution < -0.4 is 24.8 Å². The van der Waals surface area contributed by atoms with Gasteiger partial charge in [-0.25, -0.2) is 9.97 Å². The van der Waals surface area contributed by atoms with Crippen molar-refractivity contribution in [3.05, 3.63) is 66.2 Å². The SMILES string of the molecule is COc1ccc(-c2cnc(CCC(=O)NC(Cc3ccc4c(c3)OCO4)C3CCCNC3)nc2)cc1. The highest BCUT2D eigenvalue weighted by Gasteiger charge is 2.26. The van der Waals surface area contributed by atoms with E-state index in [-0.39, 0.29) is 18.7 Å². The summed E-state index contributed by atoms with van der Waals surface area (Å²) in [5.41, 5.74) is 3.08. The van der Waals surface area contributed by atoms with Crippen molar-refractivity contribution >= 4 is 5.91 Å². The van der Waals surface area contributed by atoms with Gasteiger partial charge in [-0.3, -0.25) is 4.79 Å². The molecule has 0 spiro atoms. The van der Waals surface area contributed by atoms with Crippen LogP contribution in [-0.2, 0) is 17.6 Å². The number of hydrogen-bond donors (Lipinski definition) is 2. The molecule has 2 aliphatic rings. The van der Waals surface area contributed by atoms with Crippen molar-refractivity contribution in [2.45, 2.75) is 38.1 Å². The first kappa shape index (κ1) is 24.1. The van der Waals surface area contributed by atoms with Crippen molar-refractivity contribution in [3.63, 3.8) is 0 Å². The topological polar surface area (TPSA) is 94.6 Å². The number of piperidine rings is 1. The summed E-state index contributed by atoms with van der Waals surface area (Å²) >= 11 is 0. The molecule has 1 saturated heterocycles. The Morgan fingerprint density at radius 1 is 1.11 bits per heavy atom. The number of carbonyl (C=O) groups is 1. The summed E-state index contributed by atoms with van der Waals surface area (Å²) in [6.07, 6.45) is 7.41. The fourth-order valence-corrected chi connectivity index (χ4v) is 4.80. The number of benzene rings is 2. The number of nitrogens with one attached hydrogen (secondary N) is 2. The molecule has 36 heavy (non-hydrogen) atoms. The van der Waals surface area contributed by atoms with Crippen LogP contribution in [0.15, 0.2) is 54.9 Å². The lowest BCUT2D eigenvalue weighted by atomic mass is 9.87. The molecular weight excluding hydrogens is 456 g/mol. The quantitative estimate of drug-likeness (QED) is 0.476. The van der Waals surface area contributed by atoms with Crippen molar-refractivity contribution in [1.82, 2.24) is 20.6 Å². The van der Waals surface area contributed by atoms with E-state index in [0.29, 0.717) is 24.6 Å². The predicted octanol–water partition coefficient (Wildman–Crippen LogP) is 3.54. The fourth-order valence-electron chi connectivity index (χ4n) is 4.80. The highest BCUT2D eigenvalue weighted by Crippen LogP contribution is 2.33. The molecule has 0 bridgehead atoms. The summed E-state index contributed by atoms with van der Waals surface area (Å²) in [5.74, 6) is 3.42. The van der Waals surface area contributed by atoms with Crippen molar-refractivity contribution in [2.75, 3.05) is 27.0 Å². The largest absolute Gasteiger partial charge is 0.497 e. The molecule has 2 unspecified atom stereocenters. The zero-order chi connectivity index (χ0) is 24.7. The van der Waals surface area contributed by atoms with Crippen LogP contribution in [0.3, 0.4) is 0 Å². The Balaban J connectivity index is 1.19. The van der Waals surface area contributed by atoms with E-state index in [9.17, 15) is 4.79 Å². The van der Waals surface area contributed by atoms with E-state index in [0.717, 1.165) is 66.3 Å². The maximum absolute atomic E-state index is 13.0. The molecule has 8 nitrogen and oxygen atoms in total. The number of aryl methyl sites for hydroxylation is 1. The first-order valence-electron chi connectivity index (χ1n) is 12.5. The van der Waals surface area contributed by atoms with Crippen molar-refractivity contribution < 1.29 is 19.0 Å². The van der Waals surface area contributed by atoms with Crippen LogP contribution in [0.1, 0.15) is 30.7 Å². The Bertz CT molecular complexity index is 1160. The number of nitrogens with zero attached hydrogens (tertiary/aromatic N) is 2. The lowest BCUT2D eigenvalue weighted by Gasteiger charge is -2.31. The van der Waals surface area contributed by atoms with E-state index in [1.54, 1.807) is 19.5 Å². The first-order valence-corrected chi connectivity index (χ1v) is 12.5. The van der Waals surface area contributed by atoms with Gasteiger partial charge in [0.2, 0.25) is 12.7 Å². The van der Waals surface area contributed by atoms with Gasteiger partial charge in [0.25, 0.3) is 0 Å². The minimum Gasteiger partial charge on any atom is -0.497 e. The molecule has 2 atom stereocenters. The van der Waals surface area contributed by atoms with Gasteiger partial charge in [0.1, 0.15) is 11.6 Å². The van der Waals surface area contributed by atoms with Crippen molar-refractivity contribution in [1.29, 1.82) is 0 Å². The normalized spacial score (nSPS) is 17.4. The third-order valence-corrected chi connectivity index (χ3v) is 6.85. The molecule has 2 N–H and O–H groups in total. The van der Waals surface area contributed by atoms with Gasteiger partial charge in [0.05, 0.1) is 7.11 Å². The fraction of sp³-hybridized carbons (Fsp3) is 0.393. The number of methoxy groups -OCH3 is 1. The molecule has 1 aromatic heterocycles. The van der Waals surface area contributed by atoms with Crippen molar-refractivity contribution in [2.24, 2.45) is 5.92 Å². The first-order chi connectivity index (χ1) is 17.7. The lowest BCUT2D eigenvalue weighted by Crippen LogP contribution is -2.47. The molecule has 8 heteroatoms. The maximum Gasteiger partial charge on any atom is 0.231 e. The van der Waals surface area contributed by atoms with E-state index in [2.05, 4.69) is 26.7 Å². The monoisotopic (exact) mass is 488 g/mol. The molecule has 0 saturated carbocycles. The Labute approximate surface area is 211 Å². The van der Waals surface area contributed by atoms with Gasteiger partial charge in [-0.2, -0.15) is 0 Å². The highest BCUT2D eigenvalue weighted by atomic mass is 16.7. The molecule has 0 aliphatic carbocycles. The second kappa shape index (κ2) is 11.4. The highest BCUT2D eigenvalue weighted by molar-refractivity contribution is 5.76. The number of fused-ring (bicyclic) bond motifs is 1. The van der Waals surface area contributed by atoms with Gasteiger partial charge < -0.3 is 24.8 Å². The summed E-state index contributed by atoms with van der Waals surface area (Å²) in [6, 6.07) is 13.9. The van der Waals surface area contributed by atoms with Crippen LogP contribution in [0.5, 0.6) is 17.2 Å². The minimum atomic E-state index is 0.0224. The Hall–Kier alpha value is -3.65. The van der Waals surface area contributed by atoms with Crippen LogP contribution in [0.2, 0.25) is 0 Å². The van der Waals surface area contributed by atoms with E-state index >= 15 is 0 Å². The van der Waals surface area contributed by atoms with Gasteiger partial charge in [-0.05, 0) is 73.7 Å². The van der Waals surface area contributed by atoms with Crippen LogP contribution >= 0.6 is 0 Å². The molecular formula is C28H32N4O4. The second-order valence-corrected chi connectivity index (χ2v) is 9.29. The molecule has 188 valence electrons. The summed E-state index contributed by atoms with van der Waals surface area (Å²) in [4.78, 5) is 21.9. The average Bonchev–Trinajstić information content (AvgIpc) is 3.40. The van der Waals surface area contributed by atoms with Crippen molar-refractivity contribution in [3.8, 4) is 28.4 Å². The molecule has 5 rings (SSSR count). The molecule has 2 aliphatic heterocycles. The number of rotatable bonds is 9. The Morgan fingerprint density at radius 3 is 2.67 bits per heavy atom. The van der Waals surface area contributed by atoms with Gasteiger partial charge in [0.15, 0.2) is 11.5 Å². The number of ether oxygens (including phenoxy) is 3. The number of aromatic nitrogens is 2. The second-order valence-electron chi connectivity index (χ2n) is 9.29. The summed E-state index contributed by atoms with van der Waals surface area (Å²) < 4.78 is 16.2. The zero-order valence-corrected chi connectivity index (χ0v) is 20.5. The standard InChI is InChI=1S/C28H32N4O4/c1-34-23-7-5-20(6-8-23)22-16-30-27(31-17-22)10-11-28(33)32-24(21-3-2-12-29-15-21)13-19-4-9-25-26(14-19)36-18-35-25/h4-9,14,16-17,21,24,29H,2-3,10-13,15,18H2,1H3,(H,32,33). The van der Waals surface area contributed by atoms with Crippen LogP contribution in [-0.4, -0.2) is 48.9 Å². The van der Waals surface area contributed by atoms with E-state index in [1.807, 2.05) is 36.4 Å². The van der Waals surface area contributed by atoms with Crippen LogP contribution in [0.4, 0.5) is 0 Å². The van der Waals surface area contributed by atoms with Crippen LogP contribution in [0.25, 0.3) is 11.1 Å².